The van der Waals surface area contributed by atoms with E-state index in [-0.39, 0.29) is 18.1 Å². The number of rotatable bonds is 7. The predicted octanol–water partition coefficient (Wildman–Crippen LogP) is -1.83. The topological polar surface area (TPSA) is 92.3 Å². The van der Waals surface area contributed by atoms with E-state index in [4.69, 9.17) is 0 Å². The Kier molecular flexibility index (Phi) is 5.57. The van der Waals surface area contributed by atoms with Crippen molar-refractivity contribution in [3.63, 3.8) is 0 Å². The summed E-state index contributed by atoms with van der Waals surface area (Å²) in [7, 11) is -4.81. The summed E-state index contributed by atoms with van der Waals surface area (Å²) < 4.78 is 45.8. The Labute approximate surface area is 85.0 Å². The molecule has 0 bridgehead atoms. The quantitative estimate of drug-likeness (QED) is 0.549. The molecule has 0 aliphatic heterocycles. The van der Waals surface area contributed by atoms with Crippen molar-refractivity contribution in [2.45, 2.75) is 0 Å². The maximum absolute atomic E-state index is 11.1. The van der Waals surface area contributed by atoms with Crippen molar-refractivity contribution in [1.82, 2.24) is 10.0 Å². The monoisotopic (exact) mass is 244 g/mol. The van der Waals surface area contributed by atoms with Gasteiger partial charge in [-0.3, -0.25) is 0 Å². The molecule has 0 radical (unpaired) electrons. The molecule has 0 fully saturated rings. The first kappa shape index (κ1) is 13.8. The van der Waals surface area contributed by atoms with Crippen molar-refractivity contribution in [3.05, 3.63) is 0 Å². The number of sulfonamides is 1. The highest BCUT2D eigenvalue weighted by atomic mass is 32.2. The van der Waals surface area contributed by atoms with E-state index in [1.165, 1.54) is 0 Å². The van der Waals surface area contributed by atoms with E-state index >= 15 is 0 Å². The van der Waals surface area contributed by atoms with E-state index in [0.29, 0.717) is 6.54 Å². The zero-order chi connectivity index (χ0) is 11.2. The molecule has 0 rings (SSSR count). The number of nitrogens with one attached hydrogen (secondary N) is 2. The summed E-state index contributed by atoms with van der Waals surface area (Å²) in [5.41, 5.74) is 0. The van der Waals surface area contributed by atoms with Crippen molar-refractivity contribution in [2.75, 3.05) is 37.9 Å². The molecule has 0 spiro atoms. The lowest BCUT2D eigenvalue weighted by Crippen LogP contribution is -2.33. The van der Waals surface area contributed by atoms with Crippen LogP contribution in [0.25, 0.3) is 0 Å². The van der Waals surface area contributed by atoms with E-state index in [9.17, 15) is 16.8 Å². The molecule has 0 saturated carbocycles. The Morgan fingerprint density at radius 3 is 2.00 bits per heavy atom. The fourth-order valence-electron chi connectivity index (χ4n) is 0.691. The van der Waals surface area contributed by atoms with Crippen molar-refractivity contribution in [3.8, 4) is 0 Å². The van der Waals surface area contributed by atoms with Crippen molar-refractivity contribution < 1.29 is 16.8 Å². The number of hydrogen-bond acceptors (Lipinski definition) is 5. The van der Waals surface area contributed by atoms with Crippen LogP contribution in [0.3, 0.4) is 0 Å². The summed E-state index contributed by atoms with van der Waals surface area (Å²) in [4.78, 5) is 0. The summed E-state index contributed by atoms with van der Waals surface area (Å²) in [6, 6.07) is 0. The third-order valence-electron chi connectivity index (χ3n) is 1.42. The van der Waals surface area contributed by atoms with Gasteiger partial charge >= 0.3 is 0 Å². The molecular weight excluding hydrogens is 228 g/mol. The maximum Gasteiger partial charge on any atom is 0.212 e. The Hall–Kier alpha value is -0.180. The second-order valence-corrected chi connectivity index (χ2v) is 7.13. The van der Waals surface area contributed by atoms with Gasteiger partial charge in [0.25, 0.3) is 0 Å². The molecule has 0 aliphatic carbocycles. The van der Waals surface area contributed by atoms with Crippen LogP contribution in [0.15, 0.2) is 0 Å². The van der Waals surface area contributed by atoms with Crippen LogP contribution in [0.4, 0.5) is 0 Å². The van der Waals surface area contributed by atoms with Crippen LogP contribution >= 0.6 is 0 Å². The maximum atomic E-state index is 11.1. The van der Waals surface area contributed by atoms with Gasteiger partial charge in [-0.25, -0.2) is 21.6 Å². The molecule has 0 aromatic carbocycles. The zero-order valence-corrected chi connectivity index (χ0v) is 9.91. The Balaban J connectivity index is 3.89. The molecule has 0 aromatic heterocycles. The first-order valence-corrected chi connectivity index (χ1v) is 7.78. The van der Waals surface area contributed by atoms with Gasteiger partial charge in [-0.1, -0.05) is 0 Å². The highest BCUT2D eigenvalue weighted by molar-refractivity contribution is 7.91. The molecule has 0 unspecified atom stereocenters. The Morgan fingerprint density at radius 2 is 1.57 bits per heavy atom. The first-order chi connectivity index (χ1) is 6.27. The lowest BCUT2D eigenvalue weighted by Gasteiger charge is -2.04. The molecule has 8 heteroatoms. The molecule has 0 atom stereocenters. The average molecular weight is 244 g/mol. The standard InChI is InChI=1S/C6H16N2O4S2/c1-7-3-6-14(11,12)8-4-5-13(2,9)10/h7-8H,3-6H2,1-2H3. The molecule has 14 heavy (non-hydrogen) atoms. The Morgan fingerprint density at radius 1 is 1.00 bits per heavy atom. The summed E-state index contributed by atoms with van der Waals surface area (Å²) in [6.45, 7) is 0.277. The van der Waals surface area contributed by atoms with Crippen LogP contribution in [-0.2, 0) is 19.9 Å². The van der Waals surface area contributed by atoms with Gasteiger partial charge in [0.2, 0.25) is 10.0 Å². The van der Waals surface area contributed by atoms with Crippen LogP contribution in [0.5, 0.6) is 0 Å². The second kappa shape index (κ2) is 5.64. The van der Waals surface area contributed by atoms with Crippen LogP contribution in [0, 0.1) is 0 Å². The highest BCUT2D eigenvalue weighted by Gasteiger charge is 2.10. The largest absolute Gasteiger partial charge is 0.319 e. The summed E-state index contributed by atoms with van der Waals surface area (Å²) >= 11 is 0. The third kappa shape index (κ3) is 8.42. The average Bonchev–Trinajstić information content (AvgIpc) is 1.98. The number of sulfone groups is 1. The van der Waals surface area contributed by atoms with Crippen molar-refractivity contribution in [2.24, 2.45) is 0 Å². The molecule has 0 amide bonds. The third-order valence-corrected chi connectivity index (χ3v) is 3.75. The van der Waals surface area contributed by atoms with Gasteiger partial charge in [-0.2, -0.15) is 0 Å². The number of hydrogen-bond donors (Lipinski definition) is 2. The van der Waals surface area contributed by atoms with E-state index in [1.54, 1.807) is 7.05 Å². The van der Waals surface area contributed by atoms with Crippen molar-refractivity contribution in [1.29, 1.82) is 0 Å². The van der Waals surface area contributed by atoms with Crippen molar-refractivity contribution >= 4 is 19.9 Å². The molecule has 0 aromatic rings. The highest BCUT2D eigenvalue weighted by Crippen LogP contribution is 1.85. The van der Waals surface area contributed by atoms with Crippen LogP contribution < -0.4 is 10.0 Å². The fourth-order valence-corrected chi connectivity index (χ4v) is 2.32. The SMILES string of the molecule is CNCCS(=O)(=O)NCCS(C)(=O)=O. The molecule has 6 nitrogen and oxygen atoms in total. The minimum Gasteiger partial charge on any atom is -0.319 e. The van der Waals surface area contributed by atoms with Crippen LogP contribution in [0.2, 0.25) is 0 Å². The van der Waals surface area contributed by atoms with E-state index in [2.05, 4.69) is 10.0 Å². The zero-order valence-electron chi connectivity index (χ0n) is 8.28. The molecule has 0 aliphatic rings. The summed E-state index contributed by atoms with van der Waals surface area (Å²) in [5.74, 6) is -0.223. The van der Waals surface area contributed by atoms with Gasteiger partial charge in [0, 0.05) is 19.3 Å². The van der Waals surface area contributed by atoms with Gasteiger partial charge in [0.15, 0.2) is 0 Å². The summed E-state index contributed by atoms with van der Waals surface area (Å²) in [5, 5.41) is 2.69. The van der Waals surface area contributed by atoms with Gasteiger partial charge in [0.1, 0.15) is 9.84 Å². The predicted molar refractivity (Wildman–Crippen MR) is 55.4 cm³/mol. The van der Waals surface area contributed by atoms with E-state index < -0.39 is 19.9 Å². The molecule has 2 N–H and O–H groups in total. The molecule has 0 saturated heterocycles. The Bertz CT molecular complexity index is 346. The van der Waals surface area contributed by atoms with Crippen LogP contribution in [0.1, 0.15) is 0 Å². The van der Waals surface area contributed by atoms with Crippen LogP contribution in [-0.4, -0.2) is 54.7 Å². The lowest BCUT2D eigenvalue weighted by atomic mass is 10.8. The van der Waals surface area contributed by atoms with Gasteiger partial charge in [-0.05, 0) is 7.05 Å². The van der Waals surface area contributed by atoms with E-state index in [1.807, 2.05) is 0 Å². The minimum atomic E-state index is -3.34. The van der Waals surface area contributed by atoms with E-state index in [0.717, 1.165) is 6.26 Å². The first-order valence-electron chi connectivity index (χ1n) is 4.06. The van der Waals surface area contributed by atoms with Gasteiger partial charge in [0.05, 0.1) is 11.5 Å². The molecule has 86 valence electrons. The fraction of sp³-hybridized carbons (Fsp3) is 1.00. The van der Waals surface area contributed by atoms with Gasteiger partial charge in [-0.15, -0.1) is 0 Å². The lowest BCUT2D eigenvalue weighted by molar-refractivity contribution is 0.580. The molecular formula is C6H16N2O4S2. The minimum absolute atomic E-state index is 0.0484. The second-order valence-electron chi connectivity index (χ2n) is 2.95. The summed E-state index contributed by atoms with van der Waals surface area (Å²) in [6.07, 6.45) is 1.06. The smallest absolute Gasteiger partial charge is 0.212 e. The van der Waals surface area contributed by atoms with Gasteiger partial charge < -0.3 is 5.32 Å². The molecule has 0 heterocycles. The normalized spacial score (nSPS) is 13.0.